The van der Waals surface area contributed by atoms with Crippen molar-refractivity contribution in [1.82, 2.24) is 4.90 Å². The van der Waals surface area contributed by atoms with Gasteiger partial charge in [-0.3, -0.25) is 4.79 Å². The predicted octanol–water partition coefficient (Wildman–Crippen LogP) is 4.80. The normalized spacial score (nSPS) is 11.5. The van der Waals surface area contributed by atoms with E-state index in [1.54, 1.807) is 6.07 Å². The second-order valence-corrected chi connectivity index (χ2v) is 9.60. The average molecular weight is 458 g/mol. The summed E-state index contributed by atoms with van der Waals surface area (Å²) in [5, 5.41) is 0.888. The van der Waals surface area contributed by atoms with Gasteiger partial charge < -0.3 is 18.5 Å². The third-order valence-corrected chi connectivity index (χ3v) is 5.63. The summed E-state index contributed by atoms with van der Waals surface area (Å²) in [6.45, 7) is 11.8. The van der Waals surface area contributed by atoms with E-state index in [0.717, 1.165) is 55.6 Å². The zero-order valence-corrected chi connectivity index (χ0v) is 21.3. The monoisotopic (exact) mass is 457 g/mol. The van der Waals surface area contributed by atoms with Crippen molar-refractivity contribution >= 4 is 16.9 Å². The Morgan fingerprint density at radius 3 is 2.39 bits per heavy atom. The fourth-order valence-corrected chi connectivity index (χ4v) is 3.93. The Kier molecular flexibility index (Phi) is 10.2. The number of carbonyl (C=O) groups is 1. The lowest BCUT2D eigenvalue weighted by Crippen LogP contribution is -2.49. The molecule has 1 aromatic heterocycles. The first-order valence-corrected chi connectivity index (χ1v) is 12.1. The summed E-state index contributed by atoms with van der Waals surface area (Å²) in [7, 11) is 4.19. The van der Waals surface area contributed by atoms with Gasteiger partial charge in [0, 0.05) is 36.5 Å². The molecule has 1 heterocycles. The lowest BCUT2D eigenvalue weighted by atomic mass is 10.1. The lowest BCUT2D eigenvalue weighted by Gasteiger charge is -2.32. The highest BCUT2D eigenvalue weighted by Gasteiger charge is 2.23. The summed E-state index contributed by atoms with van der Waals surface area (Å²) < 4.78 is 12.3. The molecule has 0 fully saturated rings. The number of quaternary nitrogens is 1. The van der Waals surface area contributed by atoms with Crippen molar-refractivity contribution < 1.29 is 18.4 Å². The average Bonchev–Trinajstić information content (AvgIpc) is 2.74. The van der Waals surface area contributed by atoms with Gasteiger partial charge in [-0.25, -0.2) is 4.79 Å². The number of nitrogens with zero attached hydrogens (tertiary/aromatic N) is 2. The number of likely N-dealkylation sites (N-methyl/N-ethyl adjacent to an activating group) is 1. The van der Waals surface area contributed by atoms with Crippen LogP contribution >= 0.6 is 0 Å². The summed E-state index contributed by atoms with van der Waals surface area (Å²) >= 11 is 0. The molecule has 0 saturated heterocycles. The smallest absolute Gasteiger partial charge is 0.336 e. The lowest BCUT2D eigenvalue weighted by molar-refractivity contribution is -0.882. The van der Waals surface area contributed by atoms with Crippen molar-refractivity contribution in [3.05, 3.63) is 51.9 Å². The Hall–Kier alpha value is -2.60. The van der Waals surface area contributed by atoms with Crippen LogP contribution in [0, 0.1) is 0 Å². The molecule has 0 aliphatic heterocycles. The highest BCUT2D eigenvalue weighted by Crippen LogP contribution is 2.28. The van der Waals surface area contributed by atoms with Crippen LogP contribution in [0.25, 0.3) is 11.0 Å². The van der Waals surface area contributed by atoms with Crippen LogP contribution in [0.2, 0.25) is 0 Å². The fraction of sp³-hybridized carbons (Fsp3) is 0.556. The Bertz CT molecular complexity index is 997. The zero-order valence-electron chi connectivity index (χ0n) is 21.3. The second-order valence-electron chi connectivity index (χ2n) is 9.60. The Labute approximate surface area is 198 Å². The van der Waals surface area contributed by atoms with Crippen molar-refractivity contribution in [2.45, 2.75) is 53.4 Å². The van der Waals surface area contributed by atoms with E-state index >= 15 is 0 Å². The molecule has 6 heteroatoms. The summed E-state index contributed by atoms with van der Waals surface area (Å²) in [4.78, 5) is 26.6. The zero-order chi connectivity index (χ0) is 24.4. The number of fused-ring (bicyclic) bond motifs is 1. The van der Waals surface area contributed by atoms with E-state index in [-0.39, 0.29) is 11.5 Å². The Morgan fingerprint density at radius 2 is 1.76 bits per heavy atom. The number of amides is 1. The van der Waals surface area contributed by atoms with Crippen LogP contribution in [0.4, 0.5) is 0 Å². The molecular formula is C27H41N2O4+. The summed E-state index contributed by atoms with van der Waals surface area (Å²) in [6.07, 6.45) is 5.53. The number of hydrogen-bond acceptors (Lipinski definition) is 4. The first-order valence-electron chi connectivity index (χ1n) is 12.1. The van der Waals surface area contributed by atoms with Crippen LogP contribution in [0.15, 0.2) is 45.1 Å². The van der Waals surface area contributed by atoms with E-state index in [0.29, 0.717) is 29.6 Å². The maximum absolute atomic E-state index is 12.8. The van der Waals surface area contributed by atoms with Gasteiger partial charge in [0.05, 0.1) is 27.2 Å². The molecule has 2 rings (SSSR count). The number of carbonyl (C=O) groups excluding carboxylic acids is 1. The SMILES string of the molecule is CCCN(CCC)C(=O)C[N+](C)(C)CCCOc1ccc2ccc(=O)oc2c1CC=C(C)C. The van der Waals surface area contributed by atoms with Crippen LogP contribution in [0.3, 0.4) is 0 Å². The molecule has 1 amide bonds. The molecule has 1 aromatic carbocycles. The first-order chi connectivity index (χ1) is 15.7. The molecule has 0 aliphatic rings. The molecule has 0 N–H and O–H groups in total. The van der Waals surface area contributed by atoms with Gasteiger partial charge in [-0.05, 0) is 51.3 Å². The van der Waals surface area contributed by atoms with Gasteiger partial charge in [0.2, 0.25) is 0 Å². The van der Waals surface area contributed by atoms with E-state index in [4.69, 9.17) is 9.15 Å². The molecule has 6 nitrogen and oxygen atoms in total. The van der Waals surface area contributed by atoms with Crippen LogP contribution in [-0.2, 0) is 11.2 Å². The number of allylic oxidation sites excluding steroid dienone is 2. The van der Waals surface area contributed by atoms with Gasteiger partial charge in [-0.1, -0.05) is 25.5 Å². The van der Waals surface area contributed by atoms with Crippen LogP contribution in [-0.4, -0.2) is 62.2 Å². The number of rotatable bonds is 13. The van der Waals surface area contributed by atoms with Gasteiger partial charge in [0.15, 0.2) is 6.54 Å². The third-order valence-electron chi connectivity index (χ3n) is 5.63. The van der Waals surface area contributed by atoms with Crippen molar-refractivity contribution in [3.8, 4) is 5.75 Å². The standard InChI is InChI=1S/C27H41N2O4/c1-7-16-28(17-8-2)25(30)20-29(5,6)18-9-19-32-24-14-11-22-12-15-26(31)33-27(22)23(24)13-10-21(3)4/h10-12,14-15H,7-9,13,16-20H2,1-6H3/q+1. The van der Waals surface area contributed by atoms with Crippen molar-refractivity contribution in [1.29, 1.82) is 0 Å². The van der Waals surface area contributed by atoms with Crippen molar-refractivity contribution in [2.75, 3.05) is 46.9 Å². The van der Waals surface area contributed by atoms with Gasteiger partial charge in [-0.2, -0.15) is 0 Å². The van der Waals surface area contributed by atoms with Gasteiger partial charge >= 0.3 is 5.63 Å². The number of hydrogen-bond donors (Lipinski definition) is 0. The molecule has 0 saturated carbocycles. The Morgan fingerprint density at radius 1 is 1.09 bits per heavy atom. The first kappa shape index (κ1) is 26.7. The minimum atomic E-state index is -0.359. The van der Waals surface area contributed by atoms with Gasteiger partial charge in [0.1, 0.15) is 11.3 Å². The molecule has 0 atom stereocenters. The van der Waals surface area contributed by atoms with Crippen LogP contribution < -0.4 is 10.4 Å². The van der Waals surface area contributed by atoms with Crippen LogP contribution in [0.5, 0.6) is 5.75 Å². The molecule has 33 heavy (non-hydrogen) atoms. The maximum atomic E-state index is 12.8. The molecule has 0 radical (unpaired) electrons. The second kappa shape index (κ2) is 12.6. The Balaban J connectivity index is 2.03. The summed E-state index contributed by atoms with van der Waals surface area (Å²) in [5.74, 6) is 0.964. The largest absolute Gasteiger partial charge is 0.493 e. The van der Waals surface area contributed by atoms with Crippen molar-refractivity contribution in [2.24, 2.45) is 0 Å². The maximum Gasteiger partial charge on any atom is 0.336 e. The van der Waals surface area contributed by atoms with Crippen LogP contribution in [0.1, 0.15) is 52.5 Å². The minimum Gasteiger partial charge on any atom is -0.493 e. The van der Waals surface area contributed by atoms with Gasteiger partial charge in [-0.15, -0.1) is 0 Å². The molecule has 0 unspecified atom stereocenters. The molecule has 0 bridgehead atoms. The van der Waals surface area contributed by atoms with E-state index < -0.39 is 0 Å². The topological polar surface area (TPSA) is 59.8 Å². The third kappa shape index (κ3) is 8.35. The molecule has 0 aliphatic carbocycles. The van der Waals surface area contributed by atoms with Crippen molar-refractivity contribution in [3.63, 3.8) is 0 Å². The van der Waals surface area contributed by atoms with E-state index in [9.17, 15) is 9.59 Å². The minimum absolute atomic E-state index is 0.221. The van der Waals surface area contributed by atoms with E-state index in [1.165, 1.54) is 11.6 Å². The van der Waals surface area contributed by atoms with E-state index in [2.05, 4.69) is 34.0 Å². The molecule has 0 spiro atoms. The number of benzene rings is 1. The summed E-state index contributed by atoms with van der Waals surface area (Å²) in [6, 6.07) is 7.10. The quantitative estimate of drug-likeness (QED) is 0.188. The van der Waals surface area contributed by atoms with Gasteiger partial charge in [0.25, 0.3) is 5.91 Å². The molecular weight excluding hydrogens is 416 g/mol. The molecule has 182 valence electrons. The van der Waals surface area contributed by atoms with E-state index in [1.807, 2.05) is 30.9 Å². The molecule has 2 aromatic rings. The highest BCUT2D eigenvalue weighted by molar-refractivity contribution is 5.82. The fourth-order valence-electron chi connectivity index (χ4n) is 3.93. The summed E-state index contributed by atoms with van der Waals surface area (Å²) in [5.41, 5.74) is 2.32. The number of ether oxygens (including phenoxy) is 1. The predicted molar refractivity (Wildman–Crippen MR) is 135 cm³/mol. The highest BCUT2D eigenvalue weighted by atomic mass is 16.5.